The van der Waals surface area contributed by atoms with Gasteiger partial charge in [0.25, 0.3) is 5.91 Å². The van der Waals surface area contributed by atoms with Gasteiger partial charge in [0.1, 0.15) is 17.6 Å². The highest BCUT2D eigenvalue weighted by molar-refractivity contribution is 7.09. The average molecular weight is 345 g/mol. The average Bonchev–Trinajstić information content (AvgIpc) is 3.28. The number of aromatic nitrogens is 2. The second kappa shape index (κ2) is 7.02. The van der Waals surface area contributed by atoms with Crippen molar-refractivity contribution in [2.24, 2.45) is 0 Å². The number of rotatable bonds is 6. The zero-order chi connectivity index (χ0) is 17.1. The molecule has 3 N–H and O–H groups in total. The standard InChI is InChI=1S/C17H19N3O3S/c1-10(6-15(21)16-4-3-5-23-16)19-17(22)13-7-12(8-18-13)14-9-24-11(2)20-14/h3-5,7-10,15,18,21H,6H2,1-2H3,(H,19,22). The van der Waals surface area contributed by atoms with Gasteiger partial charge in [-0.1, -0.05) is 0 Å². The topological polar surface area (TPSA) is 91.2 Å². The molecule has 6 nitrogen and oxygen atoms in total. The molecule has 0 aromatic carbocycles. The second-order valence-corrected chi connectivity index (χ2v) is 6.76. The van der Waals surface area contributed by atoms with Gasteiger partial charge in [0.15, 0.2) is 0 Å². The van der Waals surface area contributed by atoms with Crippen LogP contribution in [0.4, 0.5) is 0 Å². The molecule has 0 saturated carbocycles. The van der Waals surface area contributed by atoms with Crippen LogP contribution in [-0.2, 0) is 0 Å². The van der Waals surface area contributed by atoms with Gasteiger partial charge < -0.3 is 19.8 Å². The Morgan fingerprint density at radius 1 is 1.54 bits per heavy atom. The Bertz CT molecular complexity index is 807. The summed E-state index contributed by atoms with van der Waals surface area (Å²) in [7, 11) is 0. The van der Waals surface area contributed by atoms with Crippen molar-refractivity contribution >= 4 is 17.2 Å². The highest BCUT2D eigenvalue weighted by Crippen LogP contribution is 2.22. The number of hydrogen-bond acceptors (Lipinski definition) is 5. The largest absolute Gasteiger partial charge is 0.467 e. The molecule has 24 heavy (non-hydrogen) atoms. The molecule has 3 rings (SSSR count). The fraction of sp³-hybridized carbons (Fsp3) is 0.294. The molecule has 7 heteroatoms. The van der Waals surface area contributed by atoms with E-state index in [1.165, 1.54) is 6.26 Å². The van der Waals surface area contributed by atoms with E-state index < -0.39 is 6.10 Å². The molecule has 126 valence electrons. The van der Waals surface area contributed by atoms with E-state index in [9.17, 15) is 9.90 Å². The summed E-state index contributed by atoms with van der Waals surface area (Å²) in [4.78, 5) is 19.7. The SMILES string of the molecule is Cc1nc(-c2c[nH]c(C(=O)NC(C)CC(O)c3ccco3)c2)cs1. The van der Waals surface area contributed by atoms with Gasteiger partial charge >= 0.3 is 0 Å². The summed E-state index contributed by atoms with van der Waals surface area (Å²) in [6.07, 6.45) is 2.92. The minimum absolute atomic E-state index is 0.203. The van der Waals surface area contributed by atoms with Crippen LogP contribution < -0.4 is 5.32 Å². The van der Waals surface area contributed by atoms with Crippen molar-refractivity contribution < 1.29 is 14.3 Å². The summed E-state index contributed by atoms with van der Waals surface area (Å²) < 4.78 is 5.17. The number of nitrogens with zero attached hydrogens (tertiary/aromatic N) is 1. The van der Waals surface area contributed by atoms with Gasteiger partial charge in [0.2, 0.25) is 0 Å². The highest BCUT2D eigenvalue weighted by Gasteiger charge is 2.18. The Morgan fingerprint density at radius 2 is 2.38 bits per heavy atom. The monoisotopic (exact) mass is 345 g/mol. The molecule has 0 spiro atoms. The van der Waals surface area contributed by atoms with E-state index in [2.05, 4.69) is 15.3 Å². The maximum atomic E-state index is 12.3. The number of H-pyrrole nitrogens is 1. The van der Waals surface area contributed by atoms with Crippen LogP contribution in [0.3, 0.4) is 0 Å². The van der Waals surface area contributed by atoms with Crippen molar-refractivity contribution in [2.75, 3.05) is 0 Å². The molecule has 0 radical (unpaired) electrons. The molecule has 2 atom stereocenters. The lowest BCUT2D eigenvalue weighted by Crippen LogP contribution is -2.33. The summed E-state index contributed by atoms with van der Waals surface area (Å²) in [6, 6.07) is 5.01. The van der Waals surface area contributed by atoms with Crippen LogP contribution in [0.1, 0.15) is 40.7 Å². The zero-order valence-electron chi connectivity index (χ0n) is 13.4. The van der Waals surface area contributed by atoms with Gasteiger partial charge in [-0.15, -0.1) is 11.3 Å². The Labute approximate surface area is 143 Å². The van der Waals surface area contributed by atoms with E-state index in [0.717, 1.165) is 16.3 Å². The van der Waals surface area contributed by atoms with Crippen molar-refractivity contribution in [2.45, 2.75) is 32.4 Å². The third kappa shape index (κ3) is 3.74. The fourth-order valence-electron chi connectivity index (χ4n) is 2.46. The molecule has 3 aromatic heterocycles. The molecular formula is C17H19N3O3S. The van der Waals surface area contributed by atoms with Crippen molar-refractivity contribution in [3.05, 3.63) is 52.5 Å². The second-order valence-electron chi connectivity index (χ2n) is 5.70. The number of aliphatic hydroxyl groups is 1. The number of aromatic amines is 1. The van der Waals surface area contributed by atoms with Crippen LogP contribution in [0.15, 0.2) is 40.5 Å². The molecule has 1 amide bonds. The normalized spacial score (nSPS) is 13.6. The van der Waals surface area contributed by atoms with E-state index in [1.54, 1.807) is 35.7 Å². The summed E-state index contributed by atoms with van der Waals surface area (Å²) in [6.45, 7) is 3.79. The van der Waals surface area contributed by atoms with Crippen LogP contribution in [-0.4, -0.2) is 27.0 Å². The Hall–Kier alpha value is -2.38. The van der Waals surface area contributed by atoms with Crippen molar-refractivity contribution in [3.63, 3.8) is 0 Å². The minimum Gasteiger partial charge on any atom is -0.467 e. The first-order valence-corrected chi connectivity index (χ1v) is 8.54. The Kier molecular flexibility index (Phi) is 4.82. The molecule has 0 aliphatic carbocycles. The number of aliphatic hydroxyl groups excluding tert-OH is 1. The Morgan fingerprint density at radius 3 is 3.04 bits per heavy atom. The third-order valence-electron chi connectivity index (χ3n) is 3.67. The number of thiazole rings is 1. The smallest absolute Gasteiger partial charge is 0.267 e. The third-order valence-corrected chi connectivity index (χ3v) is 4.44. The van der Waals surface area contributed by atoms with Gasteiger partial charge in [-0.25, -0.2) is 4.98 Å². The van der Waals surface area contributed by atoms with E-state index in [4.69, 9.17) is 4.42 Å². The first-order valence-electron chi connectivity index (χ1n) is 7.66. The highest BCUT2D eigenvalue weighted by atomic mass is 32.1. The van der Waals surface area contributed by atoms with E-state index >= 15 is 0 Å². The summed E-state index contributed by atoms with van der Waals surface area (Å²) in [5.41, 5.74) is 2.21. The van der Waals surface area contributed by atoms with Gasteiger partial charge in [0, 0.05) is 29.6 Å². The first kappa shape index (κ1) is 16.5. The molecule has 3 heterocycles. The lowest BCUT2D eigenvalue weighted by Gasteiger charge is -2.16. The van der Waals surface area contributed by atoms with Crippen molar-refractivity contribution in [3.8, 4) is 11.3 Å². The molecule has 0 saturated heterocycles. The van der Waals surface area contributed by atoms with Gasteiger partial charge in [-0.3, -0.25) is 4.79 Å². The summed E-state index contributed by atoms with van der Waals surface area (Å²) in [5.74, 6) is 0.282. The number of carbonyl (C=O) groups excluding carboxylic acids is 1. The first-order chi connectivity index (χ1) is 11.5. The number of nitrogens with one attached hydrogen (secondary N) is 2. The van der Waals surface area contributed by atoms with Gasteiger partial charge in [-0.05, 0) is 32.0 Å². The molecular weight excluding hydrogens is 326 g/mol. The summed E-state index contributed by atoms with van der Waals surface area (Å²) >= 11 is 1.57. The van der Waals surface area contributed by atoms with E-state index in [1.807, 2.05) is 19.2 Å². The number of aryl methyl sites for hydroxylation is 1. The van der Waals surface area contributed by atoms with E-state index in [-0.39, 0.29) is 11.9 Å². The van der Waals surface area contributed by atoms with E-state index in [0.29, 0.717) is 17.9 Å². The number of furan rings is 1. The lowest BCUT2D eigenvalue weighted by atomic mass is 10.1. The zero-order valence-corrected chi connectivity index (χ0v) is 14.3. The fourth-order valence-corrected chi connectivity index (χ4v) is 3.08. The summed E-state index contributed by atoms with van der Waals surface area (Å²) in [5, 5.41) is 15.9. The predicted octanol–water partition coefficient (Wildman–Crippen LogP) is 3.28. The quantitative estimate of drug-likeness (QED) is 0.639. The molecule has 0 fully saturated rings. The molecule has 0 bridgehead atoms. The molecule has 3 aromatic rings. The number of hydrogen-bond donors (Lipinski definition) is 3. The molecule has 0 aliphatic heterocycles. The van der Waals surface area contributed by atoms with Crippen LogP contribution in [0, 0.1) is 6.92 Å². The lowest BCUT2D eigenvalue weighted by molar-refractivity contribution is 0.0899. The van der Waals surface area contributed by atoms with Crippen LogP contribution in [0.25, 0.3) is 11.3 Å². The number of carbonyl (C=O) groups is 1. The van der Waals surface area contributed by atoms with Gasteiger partial charge in [-0.2, -0.15) is 0 Å². The Balaban J connectivity index is 1.59. The maximum Gasteiger partial charge on any atom is 0.267 e. The maximum absolute atomic E-state index is 12.3. The molecule has 0 aliphatic rings. The van der Waals surface area contributed by atoms with Crippen LogP contribution in [0.5, 0.6) is 0 Å². The van der Waals surface area contributed by atoms with Crippen molar-refractivity contribution in [1.82, 2.24) is 15.3 Å². The van der Waals surface area contributed by atoms with Crippen LogP contribution >= 0.6 is 11.3 Å². The minimum atomic E-state index is -0.743. The van der Waals surface area contributed by atoms with Crippen molar-refractivity contribution in [1.29, 1.82) is 0 Å². The van der Waals surface area contributed by atoms with Gasteiger partial charge in [0.05, 0.1) is 17.0 Å². The predicted molar refractivity (Wildman–Crippen MR) is 91.9 cm³/mol. The van der Waals surface area contributed by atoms with Crippen LogP contribution in [0.2, 0.25) is 0 Å². The molecule has 2 unspecified atom stereocenters. The number of amides is 1.